The zero-order valence-corrected chi connectivity index (χ0v) is 7.42. The van der Waals surface area contributed by atoms with Crippen LogP contribution in [0.5, 0.6) is 0 Å². The first-order chi connectivity index (χ1) is 5.66. The van der Waals surface area contributed by atoms with Crippen molar-refractivity contribution in [2.24, 2.45) is 0 Å². The summed E-state index contributed by atoms with van der Waals surface area (Å²) in [6.45, 7) is 1.67. The molecule has 4 nitrogen and oxygen atoms in total. The van der Waals surface area contributed by atoms with E-state index in [-0.39, 0.29) is 10.7 Å². The molecule has 5 heteroatoms. The van der Waals surface area contributed by atoms with Crippen molar-refractivity contribution in [2.45, 2.75) is 6.92 Å². The number of aryl methyl sites for hydroxylation is 1. The van der Waals surface area contributed by atoms with Gasteiger partial charge in [0.05, 0.1) is 12.8 Å². The molecule has 0 unspecified atom stereocenters. The van der Waals surface area contributed by atoms with Gasteiger partial charge in [-0.2, -0.15) is 0 Å². The first-order valence-corrected chi connectivity index (χ1v) is 3.60. The maximum atomic E-state index is 11.1. The van der Waals surface area contributed by atoms with Crippen LogP contribution in [0.1, 0.15) is 16.1 Å². The highest BCUT2D eigenvalue weighted by molar-refractivity contribution is 6.32. The molecule has 1 aromatic rings. The van der Waals surface area contributed by atoms with Crippen LogP contribution in [0.25, 0.3) is 0 Å². The van der Waals surface area contributed by atoms with Crippen LogP contribution in [-0.2, 0) is 4.74 Å². The molecule has 0 atom stereocenters. The third kappa shape index (κ3) is 1.53. The summed E-state index contributed by atoms with van der Waals surface area (Å²) in [7, 11) is 1.28. The molecule has 0 saturated carbocycles. The van der Waals surface area contributed by atoms with Crippen LogP contribution in [0, 0.1) is 6.92 Å². The third-order valence-electron chi connectivity index (χ3n) is 1.38. The molecule has 0 fully saturated rings. The van der Waals surface area contributed by atoms with Crippen LogP contribution in [0.15, 0.2) is 6.33 Å². The zero-order valence-electron chi connectivity index (χ0n) is 6.67. The summed E-state index contributed by atoms with van der Waals surface area (Å²) in [5.74, 6) is -0.516. The Morgan fingerprint density at radius 3 is 2.75 bits per heavy atom. The van der Waals surface area contributed by atoms with Crippen molar-refractivity contribution in [1.82, 2.24) is 9.97 Å². The number of esters is 1. The van der Waals surface area contributed by atoms with Crippen molar-refractivity contribution in [3.63, 3.8) is 0 Å². The quantitative estimate of drug-likeness (QED) is 0.489. The van der Waals surface area contributed by atoms with E-state index in [1.165, 1.54) is 13.4 Å². The summed E-state index contributed by atoms with van der Waals surface area (Å²) in [4.78, 5) is 18.5. The number of ether oxygens (including phenoxy) is 1. The van der Waals surface area contributed by atoms with Gasteiger partial charge < -0.3 is 4.74 Å². The number of rotatable bonds is 1. The largest absolute Gasteiger partial charge is 0.465 e. The van der Waals surface area contributed by atoms with Crippen molar-refractivity contribution in [1.29, 1.82) is 0 Å². The molecule has 0 saturated heterocycles. The molecule has 0 amide bonds. The highest BCUT2D eigenvalue weighted by atomic mass is 35.5. The molecule has 12 heavy (non-hydrogen) atoms. The topological polar surface area (TPSA) is 52.1 Å². The van der Waals surface area contributed by atoms with E-state index in [1.807, 2.05) is 0 Å². The van der Waals surface area contributed by atoms with Gasteiger partial charge in [0.2, 0.25) is 0 Å². The normalized spacial score (nSPS) is 9.58. The van der Waals surface area contributed by atoms with Gasteiger partial charge >= 0.3 is 5.97 Å². The lowest BCUT2D eigenvalue weighted by atomic mass is 10.2. The Kier molecular flexibility index (Phi) is 2.60. The lowest BCUT2D eigenvalue weighted by Crippen LogP contribution is -2.07. The molecule has 64 valence electrons. The van der Waals surface area contributed by atoms with Gasteiger partial charge in [0.25, 0.3) is 0 Å². The molecule has 0 bridgehead atoms. The summed E-state index contributed by atoms with van der Waals surface area (Å²) in [5.41, 5.74) is 0.739. The Morgan fingerprint density at radius 1 is 1.58 bits per heavy atom. The molecular formula is C7H7ClN2O2. The van der Waals surface area contributed by atoms with Gasteiger partial charge in [-0.05, 0) is 6.92 Å². The van der Waals surface area contributed by atoms with Crippen molar-refractivity contribution < 1.29 is 9.53 Å². The van der Waals surface area contributed by atoms with E-state index in [9.17, 15) is 4.79 Å². The molecule has 0 spiro atoms. The third-order valence-corrected chi connectivity index (χ3v) is 1.67. The predicted octanol–water partition coefficient (Wildman–Crippen LogP) is 1.23. The zero-order chi connectivity index (χ0) is 9.14. The van der Waals surface area contributed by atoms with Crippen LogP contribution >= 0.6 is 11.6 Å². The molecular weight excluding hydrogens is 180 g/mol. The van der Waals surface area contributed by atoms with Crippen molar-refractivity contribution in [2.75, 3.05) is 7.11 Å². The molecule has 1 heterocycles. The fourth-order valence-electron chi connectivity index (χ4n) is 0.779. The molecule has 0 radical (unpaired) electrons. The average molecular weight is 187 g/mol. The van der Waals surface area contributed by atoms with Crippen LogP contribution in [-0.4, -0.2) is 23.0 Å². The molecule has 0 aromatic carbocycles. The summed E-state index contributed by atoms with van der Waals surface area (Å²) in [6, 6.07) is 0. The molecule has 0 aliphatic heterocycles. The Hall–Kier alpha value is -1.16. The molecule has 0 aliphatic carbocycles. The minimum Gasteiger partial charge on any atom is -0.465 e. The fraction of sp³-hybridized carbons (Fsp3) is 0.286. The van der Waals surface area contributed by atoms with Gasteiger partial charge in [-0.25, -0.2) is 14.8 Å². The van der Waals surface area contributed by atoms with Gasteiger partial charge in [0.1, 0.15) is 17.0 Å². The molecule has 1 rings (SSSR count). The SMILES string of the molecule is COC(=O)c1c(C)ncnc1Cl. The number of hydrogen-bond acceptors (Lipinski definition) is 4. The number of carbonyl (C=O) groups excluding carboxylic acids is 1. The molecule has 0 N–H and O–H groups in total. The van der Waals surface area contributed by atoms with E-state index in [0.717, 1.165) is 0 Å². The van der Waals surface area contributed by atoms with E-state index in [4.69, 9.17) is 11.6 Å². The second-order valence-electron chi connectivity index (χ2n) is 2.12. The Balaban J connectivity index is 3.21. The summed E-state index contributed by atoms with van der Waals surface area (Å²) in [6.07, 6.45) is 1.30. The van der Waals surface area contributed by atoms with E-state index in [1.54, 1.807) is 6.92 Å². The number of aromatic nitrogens is 2. The van der Waals surface area contributed by atoms with Crippen LogP contribution in [0.2, 0.25) is 5.15 Å². The summed E-state index contributed by atoms with van der Waals surface area (Å²) < 4.78 is 4.49. The maximum absolute atomic E-state index is 11.1. The van der Waals surface area contributed by atoms with E-state index >= 15 is 0 Å². The standard InChI is InChI=1S/C7H7ClN2O2/c1-4-5(7(11)12-2)6(8)10-3-9-4/h3H,1-2H3. The fourth-order valence-corrected chi connectivity index (χ4v) is 1.04. The Labute approximate surface area is 74.5 Å². The second kappa shape index (κ2) is 3.49. The van der Waals surface area contributed by atoms with Crippen molar-refractivity contribution >= 4 is 17.6 Å². The lowest BCUT2D eigenvalue weighted by molar-refractivity contribution is 0.0599. The van der Waals surface area contributed by atoms with E-state index in [0.29, 0.717) is 5.69 Å². The van der Waals surface area contributed by atoms with Crippen molar-refractivity contribution in [3.05, 3.63) is 22.7 Å². The van der Waals surface area contributed by atoms with Gasteiger partial charge in [-0.15, -0.1) is 0 Å². The van der Waals surface area contributed by atoms with Gasteiger partial charge in [0, 0.05) is 0 Å². The van der Waals surface area contributed by atoms with E-state index in [2.05, 4.69) is 14.7 Å². The summed E-state index contributed by atoms with van der Waals surface area (Å²) >= 11 is 5.65. The second-order valence-corrected chi connectivity index (χ2v) is 2.47. The first-order valence-electron chi connectivity index (χ1n) is 3.22. The average Bonchev–Trinajstić information content (AvgIpc) is 2.03. The molecule has 0 aliphatic rings. The minimum absolute atomic E-state index is 0.120. The van der Waals surface area contributed by atoms with Crippen LogP contribution in [0.4, 0.5) is 0 Å². The smallest absolute Gasteiger partial charge is 0.342 e. The number of nitrogens with zero attached hydrogens (tertiary/aromatic N) is 2. The highest BCUT2D eigenvalue weighted by Gasteiger charge is 2.14. The number of hydrogen-bond donors (Lipinski definition) is 0. The van der Waals surface area contributed by atoms with Gasteiger partial charge in [0.15, 0.2) is 0 Å². The monoisotopic (exact) mass is 186 g/mol. The lowest BCUT2D eigenvalue weighted by Gasteiger charge is -2.02. The van der Waals surface area contributed by atoms with Crippen molar-refractivity contribution in [3.8, 4) is 0 Å². The minimum atomic E-state index is -0.516. The van der Waals surface area contributed by atoms with Crippen LogP contribution < -0.4 is 0 Å². The maximum Gasteiger partial charge on any atom is 0.342 e. The van der Waals surface area contributed by atoms with Gasteiger partial charge in [-0.3, -0.25) is 0 Å². The van der Waals surface area contributed by atoms with Gasteiger partial charge in [-0.1, -0.05) is 11.6 Å². The predicted molar refractivity (Wildman–Crippen MR) is 43.1 cm³/mol. The van der Waals surface area contributed by atoms with E-state index < -0.39 is 5.97 Å². The number of methoxy groups -OCH3 is 1. The highest BCUT2D eigenvalue weighted by Crippen LogP contribution is 2.15. The molecule has 1 aromatic heterocycles. The Bertz CT molecular complexity index is 294. The summed E-state index contributed by atoms with van der Waals surface area (Å²) in [5, 5.41) is 0.120. The Morgan fingerprint density at radius 2 is 2.25 bits per heavy atom. The number of halogens is 1. The number of carbonyl (C=O) groups is 1. The van der Waals surface area contributed by atoms with Crippen LogP contribution in [0.3, 0.4) is 0 Å². The first kappa shape index (κ1) is 8.93.